The van der Waals surface area contributed by atoms with Gasteiger partial charge in [-0.1, -0.05) is 20.8 Å². The van der Waals surface area contributed by atoms with Gasteiger partial charge >= 0.3 is 6.16 Å². The van der Waals surface area contributed by atoms with Crippen LogP contribution in [0.25, 0.3) is 0 Å². The highest BCUT2D eigenvalue weighted by atomic mass is 19.1. The van der Waals surface area contributed by atoms with E-state index in [4.69, 9.17) is 9.84 Å². The van der Waals surface area contributed by atoms with Gasteiger partial charge in [0.2, 0.25) is 0 Å². The fraction of sp³-hybridized carbons (Fsp3) is 0.462. The van der Waals surface area contributed by atoms with Gasteiger partial charge < -0.3 is 14.6 Å². The summed E-state index contributed by atoms with van der Waals surface area (Å²) in [5.41, 5.74) is 0.766. The zero-order valence-corrected chi connectivity index (χ0v) is 10.9. The topological polar surface area (TPSA) is 55.8 Å². The lowest BCUT2D eigenvalue weighted by Crippen LogP contribution is -2.13. The van der Waals surface area contributed by atoms with Crippen molar-refractivity contribution in [2.24, 2.45) is 0 Å². The highest BCUT2D eigenvalue weighted by Crippen LogP contribution is 2.31. The Hall–Kier alpha value is -1.78. The van der Waals surface area contributed by atoms with Gasteiger partial charge in [-0.25, -0.2) is 4.79 Å². The van der Waals surface area contributed by atoms with Gasteiger partial charge in [-0.2, -0.15) is 4.39 Å². The Morgan fingerprint density at radius 2 is 1.94 bits per heavy atom. The monoisotopic (exact) mass is 256 g/mol. The highest BCUT2D eigenvalue weighted by molar-refractivity contribution is 5.57. The van der Waals surface area contributed by atoms with Crippen LogP contribution in [-0.2, 0) is 10.2 Å². The van der Waals surface area contributed by atoms with Gasteiger partial charge in [0.05, 0.1) is 7.11 Å². The summed E-state index contributed by atoms with van der Waals surface area (Å²) >= 11 is 0. The van der Waals surface area contributed by atoms with Crippen molar-refractivity contribution in [3.63, 3.8) is 0 Å². The van der Waals surface area contributed by atoms with E-state index in [2.05, 4.69) is 4.74 Å². The van der Waals surface area contributed by atoms with Gasteiger partial charge in [-0.3, -0.25) is 0 Å². The molecule has 0 fully saturated rings. The van der Waals surface area contributed by atoms with Gasteiger partial charge in [0.25, 0.3) is 6.36 Å². The molecule has 4 nitrogen and oxygen atoms in total. The smallest absolute Gasteiger partial charge is 0.497 e. The maximum Gasteiger partial charge on any atom is 0.508 e. The zero-order chi connectivity index (χ0) is 13.9. The molecule has 0 radical (unpaired) electrons. The largest absolute Gasteiger partial charge is 0.508 e. The molecule has 1 aromatic carbocycles. The van der Waals surface area contributed by atoms with Crippen molar-refractivity contribution >= 4 is 6.16 Å². The van der Waals surface area contributed by atoms with Crippen LogP contribution in [0.4, 0.5) is 9.18 Å². The van der Waals surface area contributed by atoms with E-state index in [1.165, 1.54) is 13.2 Å². The van der Waals surface area contributed by atoms with Crippen LogP contribution in [-0.4, -0.2) is 18.4 Å². The van der Waals surface area contributed by atoms with Crippen LogP contribution in [0.1, 0.15) is 38.3 Å². The Morgan fingerprint density at radius 3 is 2.39 bits per heavy atom. The average molecular weight is 256 g/mol. The number of rotatable bonds is 3. The summed E-state index contributed by atoms with van der Waals surface area (Å²) in [4.78, 5) is 10.3. The Kier molecular flexibility index (Phi) is 4.16. The molecule has 0 aliphatic carbocycles. The normalized spacial score (nSPS) is 12.9. The van der Waals surface area contributed by atoms with Gasteiger partial charge in [-0.05, 0) is 29.2 Å². The molecule has 100 valence electrons. The second-order valence-corrected chi connectivity index (χ2v) is 4.94. The molecule has 1 rings (SSSR count). The third-order valence-corrected chi connectivity index (χ3v) is 2.50. The predicted octanol–water partition coefficient (Wildman–Crippen LogP) is 3.66. The number of carboxylic acid groups (broad SMARTS) is 1. The lowest BCUT2D eigenvalue weighted by molar-refractivity contribution is -0.0164. The first kappa shape index (κ1) is 14.3. The molecule has 0 saturated carbocycles. The number of alkyl halides is 1. The van der Waals surface area contributed by atoms with Gasteiger partial charge in [0.15, 0.2) is 0 Å². The second-order valence-electron chi connectivity index (χ2n) is 4.94. The number of methoxy groups -OCH3 is 1. The van der Waals surface area contributed by atoms with Crippen LogP contribution in [0, 0.1) is 0 Å². The highest BCUT2D eigenvalue weighted by Gasteiger charge is 2.20. The van der Waals surface area contributed by atoms with Crippen LogP contribution < -0.4 is 4.74 Å². The maximum atomic E-state index is 13.6. The Morgan fingerprint density at radius 1 is 1.33 bits per heavy atom. The number of benzene rings is 1. The summed E-state index contributed by atoms with van der Waals surface area (Å²) in [7, 11) is 1.47. The van der Waals surface area contributed by atoms with Crippen LogP contribution in [0.2, 0.25) is 0 Å². The Labute approximate surface area is 105 Å². The zero-order valence-electron chi connectivity index (χ0n) is 10.9. The van der Waals surface area contributed by atoms with Crippen molar-refractivity contribution < 1.29 is 23.8 Å². The summed E-state index contributed by atoms with van der Waals surface area (Å²) in [6.07, 6.45) is -3.67. The maximum absolute atomic E-state index is 13.6. The molecule has 1 N–H and O–H groups in total. The lowest BCUT2D eigenvalue weighted by atomic mass is 9.86. The molecule has 1 atom stereocenters. The van der Waals surface area contributed by atoms with Gasteiger partial charge in [-0.15, -0.1) is 0 Å². The fourth-order valence-electron chi connectivity index (χ4n) is 1.46. The summed E-state index contributed by atoms with van der Waals surface area (Å²) in [6, 6.07) is 4.79. The number of halogens is 1. The SMILES string of the molecule is COc1cc(C(F)OC(=O)O)cc(C(C)(C)C)c1. The van der Waals surface area contributed by atoms with Crippen molar-refractivity contribution in [1.82, 2.24) is 0 Å². The molecule has 18 heavy (non-hydrogen) atoms. The molecule has 0 bridgehead atoms. The molecule has 0 saturated heterocycles. The number of hydrogen-bond donors (Lipinski definition) is 1. The first-order valence-electron chi connectivity index (χ1n) is 5.47. The number of carbonyl (C=O) groups is 1. The average Bonchev–Trinajstić information content (AvgIpc) is 2.26. The predicted molar refractivity (Wildman–Crippen MR) is 64.7 cm³/mol. The summed E-state index contributed by atoms with van der Waals surface area (Å²) in [6.45, 7) is 5.91. The van der Waals surface area contributed by atoms with Crippen molar-refractivity contribution in [1.29, 1.82) is 0 Å². The first-order chi connectivity index (χ1) is 8.24. The van der Waals surface area contributed by atoms with E-state index >= 15 is 0 Å². The van der Waals surface area contributed by atoms with E-state index in [1.807, 2.05) is 20.8 Å². The van der Waals surface area contributed by atoms with Crippen molar-refractivity contribution in [3.05, 3.63) is 29.3 Å². The summed E-state index contributed by atoms with van der Waals surface area (Å²) < 4.78 is 22.8. The van der Waals surface area contributed by atoms with Gasteiger partial charge in [0, 0.05) is 5.56 Å². The second kappa shape index (κ2) is 5.25. The molecule has 1 aromatic rings. The third-order valence-electron chi connectivity index (χ3n) is 2.50. The van der Waals surface area contributed by atoms with E-state index in [0.29, 0.717) is 5.75 Å². The summed E-state index contributed by atoms with van der Waals surface area (Å²) in [5, 5.41) is 8.41. The third kappa shape index (κ3) is 3.61. The lowest BCUT2D eigenvalue weighted by Gasteiger charge is -2.21. The van der Waals surface area contributed by atoms with Gasteiger partial charge in [0.1, 0.15) is 5.75 Å². The van der Waals surface area contributed by atoms with E-state index in [9.17, 15) is 9.18 Å². The standard InChI is InChI=1S/C13H17FO4/c1-13(2,3)9-5-8(6-10(7-9)17-4)11(14)18-12(15)16/h5-7,11H,1-4H3,(H,15,16). The van der Waals surface area contributed by atoms with Crippen LogP contribution in [0.15, 0.2) is 18.2 Å². The van der Waals surface area contributed by atoms with E-state index in [1.54, 1.807) is 12.1 Å². The van der Waals surface area contributed by atoms with Crippen LogP contribution in [0.5, 0.6) is 5.75 Å². The Bertz CT molecular complexity index is 437. The van der Waals surface area contributed by atoms with Crippen molar-refractivity contribution in [3.8, 4) is 5.75 Å². The molecular weight excluding hydrogens is 239 g/mol. The van der Waals surface area contributed by atoms with Crippen molar-refractivity contribution in [2.45, 2.75) is 32.5 Å². The number of hydrogen-bond acceptors (Lipinski definition) is 3. The minimum Gasteiger partial charge on any atom is -0.497 e. The first-order valence-corrected chi connectivity index (χ1v) is 5.47. The molecule has 5 heteroatoms. The van der Waals surface area contributed by atoms with Crippen LogP contribution in [0.3, 0.4) is 0 Å². The van der Waals surface area contributed by atoms with E-state index < -0.39 is 12.5 Å². The van der Waals surface area contributed by atoms with E-state index in [-0.39, 0.29) is 11.0 Å². The van der Waals surface area contributed by atoms with Crippen LogP contribution >= 0.6 is 0 Å². The van der Waals surface area contributed by atoms with E-state index in [0.717, 1.165) is 5.56 Å². The molecule has 0 amide bonds. The fourth-order valence-corrected chi connectivity index (χ4v) is 1.46. The minimum absolute atomic E-state index is 0.127. The molecule has 0 aliphatic rings. The van der Waals surface area contributed by atoms with Crippen molar-refractivity contribution in [2.75, 3.05) is 7.11 Å². The number of ether oxygens (including phenoxy) is 2. The Balaban J connectivity index is 3.15. The molecule has 0 heterocycles. The molecule has 0 aromatic heterocycles. The minimum atomic E-state index is -2.02. The molecule has 0 aliphatic heterocycles. The summed E-state index contributed by atoms with van der Waals surface area (Å²) in [5.74, 6) is 0.467. The quantitative estimate of drug-likeness (QED) is 0.838. The molecule has 0 spiro atoms. The molecule has 1 unspecified atom stereocenters. The molecular formula is C13H17FO4.